The van der Waals surface area contributed by atoms with Gasteiger partial charge in [0.1, 0.15) is 0 Å². The van der Waals surface area contributed by atoms with Crippen molar-refractivity contribution in [2.45, 2.75) is 32.7 Å². The average molecular weight is 308 g/mol. The van der Waals surface area contributed by atoms with Crippen molar-refractivity contribution in [1.29, 1.82) is 0 Å². The summed E-state index contributed by atoms with van der Waals surface area (Å²) < 4.78 is 0. The monoisotopic (exact) mass is 308 g/mol. The van der Waals surface area contributed by atoms with Gasteiger partial charge in [-0.05, 0) is 43.9 Å². The van der Waals surface area contributed by atoms with E-state index in [-0.39, 0.29) is 11.9 Å². The molecule has 2 aromatic carbocycles. The first kappa shape index (κ1) is 15.6. The predicted octanol–water partition coefficient (Wildman–Crippen LogP) is 3.63. The van der Waals surface area contributed by atoms with Crippen LogP contribution < -0.4 is 10.2 Å². The smallest absolute Gasteiger partial charge is 0.239 e. The summed E-state index contributed by atoms with van der Waals surface area (Å²) in [5, 5.41) is 3.11. The molecule has 23 heavy (non-hydrogen) atoms. The van der Waals surface area contributed by atoms with Crippen molar-refractivity contribution in [3.8, 4) is 0 Å². The number of nitrogens with zero attached hydrogens (tertiary/aromatic N) is 1. The van der Waals surface area contributed by atoms with Gasteiger partial charge in [-0.15, -0.1) is 0 Å². The molecule has 1 amide bonds. The number of hydrogen-bond donors (Lipinski definition) is 1. The molecular weight excluding hydrogens is 284 g/mol. The molecule has 0 spiro atoms. The van der Waals surface area contributed by atoms with Crippen LogP contribution in [0.15, 0.2) is 48.5 Å². The molecule has 0 saturated heterocycles. The molecule has 120 valence electrons. The van der Waals surface area contributed by atoms with Gasteiger partial charge in [0, 0.05) is 12.2 Å². The molecule has 1 heterocycles. The van der Waals surface area contributed by atoms with Crippen molar-refractivity contribution in [3.63, 3.8) is 0 Å². The van der Waals surface area contributed by atoms with Gasteiger partial charge >= 0.3 is 0 Å². The lowest BCUT2D eigenvalue weighted by Crippen LogP contribution is -2.40. The third-order valence-corrected chi connectivity index (χ3v) is 4.46. The van der Waals surface area contributed by atoms with E-state index in [4.69, 9.17) is 0 Å². The second-order valence-electron chi connectivity index (χ2n) is 6.36. The van der Waals surface area contributed by atoms with Crippen molar-refractivity contribution in [1.82, 2.24) is 5.32 Å². The summed E-state index contributed by atoms with van der Waals surface area (Å²) >= 11 is 0. The van der Waals surface area contributed by atoms with E-state index in [1.165, 1.54) is 16.8 Å². The van der Waals surface area contributed by atoms with Gasteiger partial charge in [0.15, 0.2) is 0 Å². The SMILES string of the molecule is Cc1ccc2c(c1)CCCN2CC(=O)N[C@@H](C)c1ccccc1. The van der Waals surface area contributed by atoms with Crippen LogP contribution in [0.1, 0.15) is 36.1 Å². The fourth-order valence-electron chi connectivity index (χ4n) is 3.25. The first-order chi connectivity index (χ1) is 11.1. The Morgan fingerprint density at radius 1 is 1.22 bits per heavy atom. The van der Waals surface area contributed by atoms with Gasteiger partial charge in [0.2, 0.25) is 5.91 Å². The van der Waals surface area contributed by atoms with Gasteiger partial charge in [-0.2, -0.15) is 0 Å². The number of carbonyl (C=O) groups excluding carboxylic acids is 1. The number of carbonyl (C=O) groups is 1. The highest BCUT2D eigenvalue weighted by Crippen LogP contribution is 2.27. The molecule has 2 aromatic rings. The van der Waals surface area contributed by atoms with Gasteiger partial charge in [-0.3, -0.25) is 4.79 Å². The Hall–Kier alpha value is -2.29. The van der Waals surface area contributed by atoms with Gasteiger partial charge in [0.05, 0.1) is 12.6 Å². The summed E-state index contributed by atoms with van der Waals surface area (Å²) in [6.45, 7) is 5.52. The normalized spacial score (nSPS) is 15.0. The lowest BCUT2D eigenvalue weighted by molar-refractivity contribution is -0.120. The fourth-order valence-corrected chi connectivity index (χ4v) is 3.25. The summed E-state index contributed by atoms with van der Waals surface area (Å²) in [7, 11) is 0. The largest absolute Gasteiger partial charge is 0.362 e. The maximum absolute atomic E-state index is 12.4. The van der Waals surface area contributed by atoms with Gasteiger partial charge in [-0.1, -0.05) is 48.0 Å². The van der Waals surface area contributed by atoms with Crippen molar-refractivity contribution < 1.29 is 4.79 Å². The van der Waals surface area contributed by atoms with Crippen LogP contribution in [0.25, 0.3) is 0 Å². The van der Waals surface area contributed by atoms with E-state index in [1.807, 2.05) is 37.3 Å². The molecule has 0 unspecified atom stereocenters. The van der Waals surface area contributed by atoms with E-state index in [0.717, 1.165) is 24.9 Å². The van der Waals surface area contributed by atoms with E-state index in [0.29, 0.717) is 6.54 Å². The molecule has 0 saturated carbocycles. The topological polar surface area (TPSA) is 32.3 Å². The third kappa shape index (κ3) is 3.73. The minimum absolute atomic E-state index is 0.0333. The number of benzene rings is 2. The molecule has 1 aliphatic rings. The first-order valence-corrected chi connectivity index (χ1v) is 8.32. The van der Waals surface area contributed by atoms with Crippen LogP contribution in [-0.2, 0) is 11.2 Å². The number of nitrogens with one attached hydrogen (secondary N) is 1. The molecule has 3 heteroatoms. The van der Waals surface area contributed by atoms with E-state index in [9.17, 15) is 4.79 Å². The van der Waals surface area contributed by atoms with E-state index in [1.54, 1.807) is 0 Å². The Morgan fingerprint density at radius 2 is 2.00 bits per heavy atom. The van der Waals surface area contributed by atoms with E-state index < -0.39 is 0 Å². The maximum atomic E-state index is 12.4. The molecule has 3 rings (SSSR count). The number of fused-ring (bicyclic) bond motifs is 1. The first-order valence-electron chi connectivity index (χ1n) is 8.32. The van der Waals surface area contributed by atoms with Crippen LogP contribution in [0.2, 0.25) is 0 Å². The zero-order chi connectivity index (χ0) is 16.2. The van der Waals surface area contributed by atoms with E-state index in [2.05, 4.69) is 35.3 Å². The van der Waals surface area contributed by atoms with Crippen molar-refractivity contribution in [3.05, 3.63) is 65.2 Å². The van der Waals surface area contributed by atoms with Crippen LogP contribution in [-0.4, -0.2) is 19.0 Å². The molecule has 0 radical (unpaired) electrons. The fraction of sp³-hybridized carbons (Fsp3) is 0.350. The Bertz CT molecular complexity index is 681. The minimum Gasteiger partial charge on any atom is -0.362 e. The van der Waals surface area contributed by atoms with Crippen molar-refractivity contribution >= 4 is 11.6 Å². The number of anilines is 1. The lowest BCUT2D eigenvalue weighted by Gasteiger charge is -2.31. The second-order valence-corrected chi connectivity index (χ2v) is 6.36. The summed E-state index contributed by atoms with van der Waals surface area (Å²) in [6, 6.07) is 16.6. The van der Waals surface area contributed by atoms with Crippen LogP contribution in [0.4, 0.5) is 5.69 Å². The van der Waals surface area contributed by atoms with Crippen LogP contribution >= 0.6 is 0 Å². The predicted molar refractivity (Wildman–Crippen MR) is 94.7 cm³/mol. The average Bonchev–Trinajstić information content (AvgIpc) is 2.55. The molecule has 0 aliphatic carbocycles. The standard InChI is InChI=1S/C20H24N2O/c1-15-10-11-19-18(13-15)9-6-12-22(19)14-20(23)21-16(2)17-7-4-3-5-8-17/h3-5,7-8,10-11,13,16H,6,9,12,14H2,1-2H3,(H,21,23)/t16-/m0/s1. The quantitative estimate of drug-likeness (QED) is 0.935. The Balaban J connectivity index is 1.65. The molecule has 0 fully saturated rings. The second kappa shape index (κ2) is 6.86. The summed E-state index contributed by atoms with van der Waals surface area (Å²) in [4.78, 5) is 14.6. The number of rotatable bonds is 4. The van der Waals surface area contributed by atoms with E-state index >= 15 is 0 Å². The van der Waals surface area contributed by atoms with Crippen molar-refractivity contribution in [2.75, 3.05) is 18.0 Å². The zero-order valence-electron chi connectivity index (χ0n) is 13.9. The summed E-state index contributed by atoms with van der Waals surface area (Å²) in [5.41, 5.74) is 4.99. The van der Waals surface area contributed by atoms with Crippen LogP contribution in [0.5, 0.6) is 0 Å². The van der Waals surface area contributed by atoms with Gasteiger partial charge in [-0.25, -0.2) is 0 Å². The Kier molecular flexibility index (Phi) is 4.65. The molecule has 3 nitrogen and oxygen atoms in total. The number of hydrogen-bond acceptors (Lipinski definition) is 2. The molecule has 0 aromatic heterocycles. The molecule has 1 aliphatic heterocycles. The highest BCUT2D eigenvalue weighted by atomic mass is 16.2. The number of amides is 1. The van der Waals surface area contributed by atoms with Gasteiger partial charge in [0.25, 0.3) is 0 Å². The molecular formula is C20H24N2O. The minimum atomic E-state index is 0.0333. The zero-order valence-corrected chi connectivity index (χ0v) is 13.9. The summed E-state index contributed by atoms with van der Waals surface area (Å²) in [5.74, 6) is 0.0785. The number of aryl methyl sites for hydroxylation is 2. The van der Waals surface area contributed by atoms with Gasteiger partial charge < -0.3 is 10.2 Å². The third-order valence-electron chi connectivity index (χ3n) is 4.46. The van der Waals surface area contributed by atoms with Crippen LogP contribution in [0.3, 0.4) is 0 Å². The van der Waals surface area contributed by atoms with Crippen molar-refractivity contribution in [2.24, 2.45) is 0 Å². The summed E-state index contributed by atoms with van der Waals surface area (Å²) in [6.07, 6.45) is 2.22. The molecule has 0 bridgehead atoms. The maximum Gasteiger partial charge on any atom is 0.239 e. The highest BCUT2D eigenvalue weighted by molar-refractivity contribution is 5.82. The highest BCUT2D eigenvalue weighted by Gasteiger charge is 2.20. The molecule has 1 N–H and O–H groups in total. The molecule has 1 atom stereocenters. The lowest BCUT2D eigenvalue weighted by atomic mass is 9.99. The Labute approximate surface area is 138 Å². The van der Waals surface area contributed by atoms with Crippen LogP contribution in [0, 0.1) is 6.92 Å². The Morgan fingerprint density at radius 3 is 2.78 bits per heavy atom.